The number of phenols is 2. The molecule has 0 aromatic heterocycles. The largest absolute Gasteiger partial charge is 0.507 e. The molecule has 50 heavy (non-hydrogen) atoms. The minimum atomic E-state index is -0.962. The van der Waals surface area contributed by atoms with Crippen molar-refractivity contribution in [2.45, 2.75) is 82.9 Å². The zero-order valence-electron chi connectivity index (χ0n) is 29.0. The van der Waals surface area contributed by atoms with Crippen LogP contribution in [0.3, 0.4) is 0 Å². The summed E-state index contributed by atoms with van der Waals surface area (Å²) >= 11 is 0. The SMILES string of the molecule is COc1c(C)cc2c(c1O)[C@@H]1C3Cc4c(O)c(C)c5c(c4[C@H](CNC(=O)[C@H](C)NC(=O)CCc4ccccc4)N3[C@@H](O)[C@H](C2)N1C)OCO5.[Ac]. The van der Waals surface area contributed by atoms with Crippen molar-refractivity contribution in [3.63, 3.8) is 0 Å². The molecule has 12 nitrogen and oxygen atoms in total. The van der Waals surface area contributed by atoms with Gasteiger partial charge in [0.1, 0.15) is 18.0 Å². The number of methoxy groups -OCH3 is 1. The van der Waals surface area contributed by atoms with Crippen molar-refractivity contribution < 1.29 is 83.2 Å². The summed E-state index contributed by atoms with van der Waals surface area (Å²) in [5.41, 5.74) is 5.39. The van der Waals surface area contributed by atoms with Crippen LogP contribution in [0.25, 0.3) is 0 Å². The van der Waals surface area contributed by atoms with Crippen molar-refractivity contribution in [2.24, 2.45) is 0 Å². The van der Waals surface area contributed by atoms with Gasteiger partial charge < -0.3 is 40.2 Å². The molecule has 1 saturated heterocycles. The molecule has 0 saturated carbocycles. The number of fused-ring (bicyclic) bond motifs is 9. The normalized spacial score (nSPS) is 23.8. The first-order valence-electron chi connectivity index (χ1n) is 16.8. The number of benzene rings is 3. The number of ether oxygens (including phenoxy) is 3. The molecule has 5 N–H and O–H groups in total. The van der Waals surface area contributed by atoms with Crippen LogP contribution >= 0.6 is 0 Å². The van der Waals surface area contributed by atoms with E-state index in [1.54, 1.807) is 13.8 Å². The number of phenolic OH excluding ortho intramolecular Hbond substituents is 2. The maximum absolute atomic E-state index is 13.5. The fourth-order valence-electron chi connectivity index (χ4n) is 8.48. The number of rotatable bonds is 8. The summed E-state index contributed by atoms with van der Waals surface area (Å²) in [4.78, 5) is 30.3. The second-order valence-corrected chi connectivity index (χ2v) is 13.6. The Labute approximate surface area is 327 Å². The van der Waals surface area contributed by atoms with E-state index in [-0.39, 0.29) is 99.2 Å². The summed E-state index contributed by atoms with van der Waals surface area (Å²) in [6.07, 6.45) is 0.669. The topological polar surface area (TPSA) is 153 Å². The minimum Gasteiger partial charge on any atom is -0.507 e. The summed E-state index contributed by atoms with van der Waals surface area (Å²) in [5, 5.41) is 41.2. The Kier molecular flexibility index (Phi) is 10.6. The van der Waals surface area contributed by atoms with Crippen molar-refractivity contribution in [3.05, 3.63) is 75.3 Å². The van der Waals surface area contributed by atoms with E-state index in [0.29, 0.717) is 53.2 Å². The molecule has 4 heterocycles. The number of nitrogens with one attached hydrogen (secondary N) is 2. The molecule has 263 valence electrons. The van der Waals surface area contributed by atoms with Gasteiger partial charge in [0, 0.05) is 85.3 Å². The number of amides is 2. The van der Waals surface area contributed by atoms with E-state index in [0.717, 1.165) is 22.3 Å². The number of nitrogens with zero attached hydrogens (tertiary/aromatic N) is 2. The van der Waals surface area contributed by atoms with Gasteiger partial charge in [0.05, 0.1) is 25.2 Å². The van der Waals surface area contributed by atoms with Crippen molar-refractivity contribution in [3.8, 4) is 28.7 Å². The Morgan fingerprint density at radius 1 is 1.04 bits per heavy atom. The Morgan fingerprint density at radius 2 is 1.76 bits per heavy atom. The molecule has 4 aliphatic rings. The Bertz CT molecular complexity index is 1810. The molecule has 4 aliphatic heterocycles. The maximum Gasteiger partial charge on any atom is 0.242 e. The standard InChI is InChI=1S/C37H44N4O8.Ac/c1-18-13-22-14-25-37(46)41-24(30(40(25)4)28(22)32(44)33(18)47-5)15-23-29(35-34(48-17-49-35)19(2)31(23)43)26(41)16-38-36(45)20(3)39-27(42)12-11-21-9-7-6-8-10-21;/h6-10,13,20,24-26,30,37,43-44,46H,11-12,14-17H2,1-5H3,(H,38,45)(H,39,42);/t20-,24?,25-,26-,30-,37-;/m0./s1. The van der Waals surface area contributed by atoms with Crippen LogP contribution in [0.1, 0.15) is 64.4 Å². The van der Waals surface area contributed by atoms with Crippen molar-refractivity contribution in [2.75, 3.05) is 27.5 Å². The van der Waals surface area contributed by atoms with E-state index in [2.05, 4.69) is 15.5 Å². The van der Waals surface area contributed by atoms with E-state index in [4.69, 9.17) is 14.2 Å². The third-order valence-corrected chi connectivity index (χ3v) is 10.8. The van der Waals surface area contributed by atoms with E-state index in [9.17, 15) is 24.9 Å². The number of aliphatic hydroxyl groups excluding tert-OH is 1. The van der Waals surface area contributed by atoms with Gasteiger partial charge in [-0.25, -0.2) is 0 Å². The molecule has 0 spiro atoms. The second-order valence-electron chi connectivity index (χ2n) is 13.6. The van der Waals surface area contributed by atoms with Crippen LogP contribution in [0, 0.1) is 57.9 Å². The van der Waals surface area contributed by atoms with Gasteiger partial charge in [-0.2, -0.15) is 0 Å². The first-order valence-corrected chi connectivity index (χ1v) is 16.8. The third kappa shape index (κ3) is 6.13. The monoisotopic (exact) mass is 899 g/mol. The predicted molar refractivity (Wildman–Crippen MR) is 180 cm³/mol. The van der Waals surface area contributed by atoms with Crippen LogP contribution < -0.4 is 24.8 Å². The maximum atomic E-state index is 13.5. The fraction of sp³-hybridized carbons (Fsp3) is 0.459. The minimum absolute atomic E-state index is 0. The summed E-state index contributed by atoms with van der Waals surface area (Å²) in [6.45, 7) is 5.35. The van der Waals surface area contributed by atoms with Gasteiger partial charge in [0.2, 0.25) is 18.6 Å². The first kappa shape index (κ1) is 36.7. The van der Waals surface area contributed by atoms with Crippen molar-refractivity contribution in [1.29, 1.82) is 0 Å². The Morgan fingerprint density at radius 3 is 2.48 bits per heavy atom. The molecule has 2 amide bonds. The van der Waals surface area contributed by atoms with Gasteiger partial charge in [0.15, 0.2) is 23.0 Å². The molecule has 1 fully saturated rings. The average Bonchev–Trinajstić information content (AvgIpc) is 3.58. The molecule has 1 radical (unpaired) electrons. The van der Waals surface area contributed by atoms with Gasteiger partial charge in [-0.05, 0) is 63.8 Å². The number of likely N-dealkylation sites (N-methyl/N-ethyl adjacent to an activating group) is 1. The van der Waals surface area contributed by atoms with Gasteiger partial charge in [-0.15, -0.1) is 0 Å². The van der Waals surface area contributed by atoms with Crippen LogP contribution in [-0.2, 0) is 28.9 Å². The molecule has 6 atom stereocenters. The van der Waals surface area contributed by atoms with Gasteiger partial charge >= 0.3 is 0 Å². The number of hydrogen-bond donors (Lipinski definition) is 5. The van der Waals surface area contributed by atoms with Crippen molar-refractivity contribution in [1.82, 2.24) is 20.4 Å². The average molecular weight is 900 g/mol. The molecular formula is C37H44AcN4O8. The van der Waals surface area contributed by atoms with E-state index < -0.39 is 24.4 Å². The third-order valence-electron chi connectivity index (χ3n) is 10.8. The van der Waals surface area contributed by atoms with Crippen LogP contribution in [0.15, 0.2) is 36.4 Å². The van der Waals surface area contributed by atoms with Gasteiger partial charge in [-0.1, -0.05) is 36.4 Å². The van der Waals surface area contributed by atoms with Crippen molar-refractivity contribution >= 4 is 11.8 Å². The number of aliphatic hydroxyl groups is 1. The van der Waals surface area contributed by atoms with Crippen LogP contribution in [0.4, 0.5) is 0 Å². The molecule has 2 bridgehead atoms. The summed E-state index contributed by atoms with van der Waals surface area (Å²) in [6, 6.07) is 9.16. The number of carbonyl (C=O) groups excluding carboxylic acids is 2. The number of aryl methyl sites for hydroxylation is 2. The Hall–Kier alpha value is -3.08. The summed E-state index contributed by atoms with van der Waals surface area (Å²) in [7, 11) is 3.48. The molecule has 7 rings (SSSR count). The van der Waals surface area contributed by atoms with Gasteiger partial charge in [0.25, 0.3) is 0 Å². The van der Waals surface area contributed by atoms with Crippen LogP contribution in [0.5, 0.6) is 28.7 Å². The zero-order chi connectivity index (χ0) is 34.7. The zero-order valence-corrected chi connectivity index (χ0v) is 33.8. The van der Waals surface area contributed by atoms with E-state index in [1.165, 1.54) is 7.11 Å². The van der Waals surface area contributed by atoms with E-state index >= 15 is 0 Å². The molecule has 13 heteroatoms. The predicted octanol–water partition coefficient (Wildman–Crippen LogP) is 2.90. The summed E-state index contributed by atoms with van der Waals surface area (Å²) in [5.74, 6) is 0.876. The number of carbonyl (C=O) groups is 2. The number of aromatic hydroxyl groups is 2. The van der Waals surface area contributed by atoms with Crippen LogP contribution in [-0.4, -0.2) is 88.8 Å². The quantitative estimate of drug-likeness (QED) is 0.229. The fourth-order valence-corrected chi connectivity index (χ4v) is 8.48. The molecule has 3 aromatic rings. The smallest absolute Gasteiger partial charge is 0.242 e. The van der Waals surface area contributed by atoms with Crippen LogP contribution in [0.2, 0.25) is 0 Å². The second kappa shape index (κ2) is 14.5. The van der Waals surface area contributed by atoms with E-state index in [1.807, 2.05) is 55.3 Å². The Balaban J connectivity index is 0.00000432. The molecule has 1 unspecified atom stereocenters. The number of piperazine rings is 1. The molecule has 0 aliphatic carbocycles. The molecule has 3 aromatic carbocycles. The van der Waals surface area contributed by atoms with Gasteiger partial charge in [-0.3, -0.25) is 19.4 Å². The first-order chi connectivity index (χ1) is 23.5. The summed E-state index contributed by atoms with van der Waals surface area (Å²) < 4.78 is 17.4. The number of hydrogen-bond acceptors (Lipinski definition) is 10. The molecular weight excluding hydrogens is 855 g/mol.